The van der Waals surface area contributed by atoms with Crippen molar-refractivity contribution in [1.29, 1.82) is 0 Å². The number of thiocarbonyl (C=S) groups is 1. The topological polar surface area (TPSA) is 70.2 Å². The van der Waals surface area contributed by atoms with Crippen LogP contribution in [0.15, 0.2) is 24.3 Å². The van der Waals surface area contributed by atoms with Crippen molar-refractivity contribution in [2.45, 2.75) is 51.9 Å². The van der Waals surface area contributed by atoms with E-state index in [1.54, 1.807) is 6.07 Å². The Hall–Kier alpha value is -1.95. The van der Waals surface area contributed by atoms with E-state index >= 15 is 0 Å². The van der Waals surface area contributed by atoms with Gasteiger partial charge in [-0.2, -0.15) is 0 Å². The molecule has 3 N–H and O–H groups in total. The van der Waals surface area contributed by atoms with E-state index in [0.29, 0.717) is 24.4 Å². The largest absolute Gasteiger partial charge is 0.332 e. The minimum absolute atomic E-state index is 0.0120. The van der Waals surface area contributed by atoms with Crippen LogP contribution in [0.5, 0.6) is 0 Å². The maximum Gasteiger partial charge on any atom is 0.226 e. The zero-order valence-electron chi connectivity index (χ0n) is 14.1. The molecular weight excluding hydrogens is 322 g/mol. The van der Waals surface area contributed by atoms with Crippen LogP contribution >= 0.6 is 12.2 Å². The number of carbonyl (C=O) groups excluding carboxylic acids is 2. The lowest BCUT2D eigenvalue weighted by Gasteiger charge is -2.13. The summed E-state index contributed by atoms with van der Waals surface area (Å²) in [6, 6.07) is 7.28. The first kappa shape index (κ1) is 18.4. The monoisotopic (exact) mass is 347 g/mol. The minimum Gasteiger partial charge on any atom is -0.332 e. The Balaban J connectivity index is 1.82. The van der Waals surface area contributed by atoms with Crippen LogP contribution in [-0.2, 0) is 9.59 Å². The van der Waals surface area contributed by atoms with Crippen molar-refractivity contribution >= 4 is 40.5 Å². The summed E-state index contributed by atoms with van der Waals surface area (Å²) < 4.78 is 0. The number of hydrogen-bond acceptors (Lipinski definition) is 3. The maximum atomic E-state index is 12.0. The molecule has 0 bridgehead atoms. The molecule has 2 amide bonds. The van der Waals surface area contributed by atoms with Crippen molar-refractivity contribution in [1.82, 2.24) is 5.32 Å². The fourth-order valence-corrected chi connectivity index (χ4v) is 3.17. The van der Waals surface area contributed by atoms with Gasteiger partial charge in [-0.3, -0.25) is 9.59 Å². The van der Waals surface area contributed by atoms with Crippen molar-refractivity contribution in [2.24, 2.45) is 5.92 Å². The van der Waals surface area contributed by atoms with Crippen LogP contribution in [0.3, 0.4) is 0 Å². The van der Waals surface area contributed by atoms with E-state index in [1.807, 2.05) is 25.1 Å². The molecule has 1 aliphatic carbocycles. The molecule has 1 saturated carbocycles. The predicted molar refractivity (Wildman–Crippen MR) is 101 cm³/mol. The van der Waals surface area contributed by atoms with Crippen LogP contribution < -0.4 is 16.0 Å². The van der Waals surface area contributed by atoms with Crippen LogP contribution in [0, 0.1) is 5.92 Å². The second-order valence-corrected chi connectivity index (χ2v) is 6.64. The Kier molecular flexibility index (Phi) is 7.18. The molecule has 130 valence electrons. The third-order valence-electron chi connectivity index (χ3n) is 4.08. The van der Waals surface area contributed by atoms with Gasteiger partial charge in [-0.15, -0.1) is 0 Å². The summed E-state index contributed by atoms with van der Waals surface area (Å²) in [5, 5.41) is 8.84. The van der Waals surface area contributed by atoms with E-state index in [1.165, 1.54) is 12.8 Å². The zero-order valence-corrected chi connectivity index (χ0v) is 14.9. The van der Waals surface area contributed by atoms with Crippen molar-refractivity contribution in [2.75, 3.05) is 10.6 Å². The number of nitrogens with one attached hydrogen (secondary N) is 3. The number of carbonyl (C=O) groups is 2. The third-order valence-corrected chi connectivity index (χ3v) is 4.29. The molecule has 0 spiro atoms. The van der Waals surface area contributed by atoms with Crippen LogP contribution in [0.25, 0.3) is 0 Å². The van der Waals surface area contributed by atoms with E-state index in [0.717, 1.165) is 24.9 Å². The van der Waals surface area contributed by atoms with Gasteiger partial charge in [0.25, 0.3) is 0 Å². The quantitative estimate of drug-likeness (QED) is 0.684. The molecule has 0 unspecified atom stereocenters. The van der Waals surface area contributed by atoms with Gasteiger partial charge in [0.05, 0.1) is 0 Å². The second-order valence-electron chi connectivity index (χ2n) is 6.24. The fourth-order valence-electron chi connectivity index (χ4n) is 2.94. The van der Waals surface area contributed by atoms with Gasteiger partial charge in [-0.1, -0.05) is 25.8 Å². The molecule has 1 aliphatic rings. The van der Waals surface area contributed by atoms with Crippen LogP contribution in [-0.4, -0.2) is 16.9 Å². The van der Waals surface area contributed by atoms with Gasteiger partial charge in [-0.05, 0) is 55.6 Å². The highest BCUT2D eigenvalue weighted by Crippen LogP contribution is 2.27. The first-order valence-electron chi connectivity index (χ1n) is 8.57. The molecule has 0 heterocycles. The second kappa shape index (κ2) is 9.37. The molecule has 6 heteroatoms. The lowest BCUT2D eigenvalue weighted by Crippen LogP contribution is -2.34. The fraction of sp³-hybridized carbons (Fsp3) is 0.500. The molecule has 1 fully saturated rings. The third kappa shape index (κ3) is 6.28. The number of rotatable bonds is 6. The van der Waals surface area contributed by atoms with Gasteiger partial charge in [0.15, 0.2) is 5.11 Å². The molecular formula is C18H25N3O2S. The normalized spacial score (nSPS) is 14.2. The van der Waals surface area contributed by atoms with E-state index in [4.69, 9.17) is 12.2 Å². The number of amides is 2. The van der Waals surface area contributed by atoms with Crippen LogP contribution in [0.1, 0.15) is 51.9 Å². The minimum atomic E-state index is -0.0354. The molecule has 24 heavy (non-hydrogen) atoms. The summed E-state index contributed by atoms with van der Waals surface area (Å²) >= 11 is 5.20. The van der Waals surface area contributed by atoms with Gasteiger partial charge in [0, 0.05) is 24.2 Å². The number of benzene rings is 1. The van der Waals surface area contributed by atoms with Crippen LogP contribution in [0.4, 0.5) is 11.4 Å². The molecule has 2 rings (SSSR count). The molecule has 1 aromatic carbocycles. The highest BCUT2D eigenvalue weighted by Gasteiger charge is 2.18. The van der Waals surface area contributed by atoms with Crippen molar-refractivity contribution in [3.8, 4) is 0 Å². The average Bonchev–Trinajstić information content (AvgIpc) is 3.00. The van der Waals surface area contributed by atoms with E-state index in [2.05, 4.69) is 16.0 Å². The lowest BCUT2D eigenvalue weighted by molar-refractivity contribution is -0.120. The Morgan fingerprint density at radius 2 is 1.79 bits per heavy atom. The summed E-state index contributed by atoms with van der Waals surface area (Å²) in [5.41, 5.74) is 1.44. The van der Waals surface area contributed by atoms with E-state index < -0.39 is 0 Å². The lowest BCUT2D eigenvalue weighted by atomic mass is 10.0. The van der Waals surface area contributed by atoms with Gasteiger partial charge in [0.1, 0.15) is 0 Å². The summed E-state index contributed by atoms with van der Waals surface area (Å²) in [4.78, 5) is 23.6. The average molecular weight is 347 g/mol. The first-order valence-corrected chi connectivity index (χ1v) is 8.98. The van der Waals surface area contributed by atoms with Gasteiger partial charge < -0.3 is 16.0 Å². The zero-order chi connectivity index (χ0) is 17.4. The molecule has 0 aromatic heterocycles. The van der Waals surface area contributed by atoms with Crippen molar-refractivity contribution < 1.29 is 9.59 Å². The molecule has 0 radical (unpaired) electrons. The SMILES string of the molecule is CCCC(=O)Nc1cccc(NC(=S)NC(=O)CC2CCCC2)c1. The smallest absolute Gasteiger partial charge is 0.226 e. The van der Waals surface area contributed by atoms with E-state index in [-0.39, 0.29) is 16.9 Å². The molecule has 1 aromatic rings. The molecule has 0 atom stereocenters. The number of anilines is 2. The summed E-state index contributed by atoms with van der Waals surface area (Å²) in [5.74, 6) is 0.443. The Bertz CT molecular complexity index is 598. The van der Waals surface area contributed by atoms with Gasteiger partial charge >= 0.3 is 0 Å². The maximum absolute atomic E-state index is 12.0. The molecule has 5 nitrogen and oxygen atoms in total. The summed E-state index contributed by atoms with van der Waals surface area (Å²) in [6.07, 6.45) is 6.54. The molecule has 0 aliphatic heterocycles. The number of hydrogen-bond donors (Lipinski definition) is 3. The summed E-state index contributed by atoms with van der Waals surface area (Å²) in [6.45, 7) is 1.96. The van der Waals surface area contributed by atoms with Crippen molar-refractivity contribution in [3.05, 3.63) is 24.3 Å². The summed E-state index contributed by atoms with van der Waals surface area (Å²) in [7, 11) is 0. The Labute approximate surface area is 148 Å². The molecule has 0 saturated heterocycles. The van der Waals surface area contributed by atoms with Gasteiger partial charge in [-0.25, -0.2) is 0 Å². The Morgan fingerprint density at radius 3 is 2.46 bits per heavy atom. The highest BCUT2D eigenvalue weighted by atomic mass is 32.1. The van der Waals surface area contributed by atoms with Gasteiger partial charge in [0.2, 0.25) is 11.8 Å². The standard InChI is InChI=1S/C18H25N3O2S/c1-2-6-16(22)19-14-9-5-10-15(12-14)20-18(24)21-17(23)11-13-7-3-4-8-13/h5,9-10,12-13H,2-4,6-8,11H2,1H3,(H,19,22)(H2,20,21,23,24). The van der Waals surface area contributed by atoms with Crippen molar-refractivity contribution in [3.63, 3.8) is 0 Å². The Morgan fingerprint density at radius 1 is 1.12 bits per heavy atom. The first-order chi connectivity index (χ1) is 11.6. The van der Waals surface area contributed by atoms with Crippen LogP contribution in [0.2, 0.25) is 0 Å². The van der Waals surface area contributed by atoms with E-state index in [9.17, 15) is 9.59 Å². The highest BCUT2D eigenvalue weighted by molar-refractivity contribution is 7.80. The predicted octanol–water partition coefficient (Wildman–Crippen LogP) is 3.82.